The fourth-order valence-corrected chi connectivity index (χ4v) is 3.79. The third kappa shape index (κ3) is 15.1. The van der Waals surface area contributed by atoms with Gasteiger partial charge in [0.25, 0.3) is 0 Å². The molecule has 0 spiro atoms. The predicted octanol–water partition coefficient (Wildman–Crippen LogP) is -1.59. The molecule has 0 saturated carbocycles. The van der Waals surface area contributed by atoms with Crippen LogP contribution in [0.2, 0.25) is 0 Å². The maximum absolute atomic E-state index is 12.9. The smallest absolute Gasteiger partial charge is 0.325 e. The highest BCUT2D eigenvalue weighted by Crippen LogP contribution is 2.08. The van der Waals surface area contributed by atoms with Gasteiger partial charge in [0, 0.05) is 5.75 Å². The van der Waals surface area contributed by atoms with E-state index >= 15 is 0 Å². The predicted molar refractivity (Wildman–Crippen MR) is 163 cm³/mol. The number of rotatable bonds is 18. The number of nitrogens with one attached hydrogen (secondary N) is 6. The van der Waals surface area contributed by atoms with Gasteiger partial charge in [-0.15, -0.1) is 0 Å². The summed E-state index contributed by atoms with van der Waals surface area (Å²) in [6.07, 6.45) is 0.507. The zero-order valence-corrected chi connectivity index (χ0v) is 27.0. The van der Waals surface area contributed by atoms with Crippen LogP contribution in [0.4, 0.5) is 0 Å². The van der Waals surface area contributed by atoms with E-state index in [1.165, 1.54) is 27.7 Å². The Balaban J connectivity index is 5.29. The summed E-state index contributed by atoms with van der Waals surface area (Å²) in [5, 5.41) is 23.8. The van der Waals surface area contributed by atoms with Crippen molar-refractivity contribution in [2.24, 2.45) is 17.6 Å². The van der Waals surface area contributed by atoms with Crippen molar-refractivity contribution >= 4 is 54.0 Å². The van der Waals surface area contributed by atoms with Crippen molar-refractivity contribution in [1.82, 2.24) is 31.9 Å². The minimum atomic E-state index is -1.24. The molecule has 0 aromatic heterocycles. The molecule has 9 N–H and O–H groups in total. The number of carbonyl (C=O) groups is 7. The SMILES string of the molecule is CC(C)C[C@H](NC(=O)[C@H](C)NC(=O)[C@H](C)NC(=O)[C@H](CC(C)C)NC(=O)[C@@H](N)CS)C(=O)N[C@@H](C)C(=O)N[C@@H](C)C(=O)O. The lowest BCUT2D eigenvalue weighted by atomic mass is 10.0. The lowest BCUT2D eigenvalue weighted by Crippen LogP contribution is -2.58. The summed E-state index contributed by atoms with van der Waals surface area (Å²) >= 11 is 3.99. The van der Waals surface area contributed by atoms with E-state index in [1.54, 1.807) is 0 Å². The summed E-state index contributed by atoms with van der Waals surface area (Å²) in [5.74, 6) is -5.04. The van der Waals surface area contributed by atoms with Gasteiger partial charge in [0.1, 0.15) is 36.3 Å². The Morgan fingerprint density at radius 1 is 0.535 bits per heavy atom. The van der Waals surface area contributed by atoms with Crippen molar-refractivity contribution in [3.8, 4) is 0 Å². The zero-order valence-electron chi connectivity index (χ0n) is 26.1. The molecule has 0 aliphatic carbocycles. The quantitative estimate of drug-likeness (QED) is 0.0792. The number of thiol groups is 1. The maximum atomic E-state index is 12.9. The third-order valence-corrected chi connectivity index (χ3v) is 6.59. The monoisotopic (exact) mass is 631 g/mol. The lowest BCUT2D eigenvalue weighted by molar-refractivity contribution is -0.141. The van der Waals surface area contributed by atoms with Crippen LogP contribution in [0.15, 0.2) is 0 Å². The number of carbonyl (C=O) groups excluding carboxylic acids is 6. The summed E-state index contributed by atoms with van der Waals surface area (Å²) < 4.78 is 0. The van der Waals surface area contributed by atoms with Crippen LogP contribution in [0.5, 0.6) is 0 Å². The highest BCUT2D eigenvalue weighted by molar-refractivity contribution is 7.80. The van der Waals surface area contributed by atoms with Crippen molar-refractivity contribution < 1.29 is 38.7 Å². The van der Waals surface area contributed by atoms with Gasteiger partial charge in [-0.2, -0.15) is 12.6 Å². The van der Waals surface area contributed by atoms with Gasteiger partial charge in [-0.1, -0.05) is 27.7 Å². The van der Waals surface area contributed by atoms with Crippen LogP contribution < -0.4 is 37.6 Å². The Hall–Kier alpha value is -3.40. The molecule has 0 heterocycles. The van der Waals surface area contributed by atoms with Gasteiger partial charge in [-0.05, 0) is 52.4 Å². The van der Waals surface area contributed by atoms with Crippen LogP contribution >= 0.6 is 12.6 Å². The average Bonchev–Trinajstić information content (AvgIpc) is 2.90. The van der Waals surface area contributed by atoms with Crippen molar-refractivity contribution in [1.29, 1.82) is 0 Å². The minimum absolute atomic E-state index is 0.0334. The van der Waals surface area contributed by atoms with Crippen LogP contribution in [0, 0.1) is 11.8 Å². The van der Waals surface area contributed by atoms with Crippen molar-refractivity contribution in [2.75, 3.05) is 5.75 Å². The second-order valence-corrected chi connectivity index (χ2v) is 11.8. The molecular formula is C27H49N7O8S. The van der Waals surface area contributed by atoms with Crippen molar-refractivity contribution in [3.05, 3.63) is 0 Å². The lowest BCUT2D eigenvalue weighted by Gasteiger charge is -2.26. The number of nitrogens with two attached hydrogens (primary N) is 1. The van der Waals surface area contributed by atoms with E-state index < -0.39 is 83.7 Å². The number of carboxylic acids is 1. The van der Waals surface area contributed by atoms with Crippen LogP contribution in [-0.2, 0) is 33.6 Å². The molecule has 43 heavy (non-hydrogen) atoms. The average molecular weight is 632 g/mol. The second-order valence-electron chi connectivity index (χ2n) is 11.4. The molecule has 0 aromatic carbocycles. The number of carboxylic acid groups (broad SMARTS) is 1. The van der Waals surface area contributed by atoms with Crippen LogP contribution in [0.3, 0.4) is 0 Å². The molecular weight excluding hydrogens is 582 g/mol. The summed E-state index contributed by atoms with van der Waals surface area (Å²) in [4.78, 5) is 86.9. The summed E-state index contributed by atoms with van der Waals surface area (Å²) in [7, 11) is 0. The number of hydrogen-bond acceptors (Lipinski definition) is 9. The Bertz CT molecular complexity index is 1010. The van der Waals surface area contributed by atoms with Crippen LogP contribution in [-0.4, -0.2) is 94.6 Å². The van der Waals surface area contributed by atoms with Gasteiger partial charge in [-0.3, -0.25) is 33.6 Å². The molecule has 16 heteroatoms. The van der Waals surface area contributed by atoms with Gasteiger partial charge in [0.2, 0.25) is 35.4 Å². The Morgan fingerprint density at radius 3 is 1.16 bits per heavy atom. The summed E-state index contributed by atoms with van der Waals surface area (Å²) in [6.45, 7) is 12.9. The Kier molecular flexibility index (Phi) is 17.5. The molecule has 0 bridgehead atoms. The van der Waals surface area contributed by atoms with E-state index in [9.17, 15) is 33.6 Å². The van der Waals surface area contributed by atoms with E-state index in [0.717, 1.165) is 0 Å². The molecule has 6 amide bonds. The molecule has 0 unspecified atom stereocenters. The summed E-state index contributed by atoms with van der Waals surface area (Å²) in [5.41, 5.74) is 5.69. The standard InChI is InChI=1S/C27H49N7O8S/c1-12(2)9-19(25(39)31-15(6)22(36)32-17(8)27(41)42)33-23(37)16(7)29-21(35)14(5)30-26(40)20(10-13(3)4)34-24(38)18(28)11-43/h12-20,43H,9-11,28H2,1-8H3,(H,29,35)(H,30,40)(H,31,39)(H,32,36)(H,33,37)(H,34,38)(H,41,42)/t14-,15-,16-,17-,18-,19-,20-/m0/s1. The maximum Gasteiger partial charge on any atom is 0.325 e. The van der Waals surface area contributed by atoms with E-state index in [-0.39, 0.29) is 24.0 Å². The van der Waals surface area contributed by atoms with E-state index in [0.29, 0.717) is 6.42 Å². The van der Waals surface area contributed by atoms with Gasteiger partial charge >= 0.3 is 5.97 Å². The van der Waals surface area contributed by atoms with E-state index in [4.69, 9.17) is 10.8 Å². The first-order chi connectivity index (χ1) is 19.8. The Labute approximate surface area is 258 Å². The highest BCUT2D eigenvalue weighted by Gasteiger charge is 2.30. The molecule has 0 saturated heterocycles. The fraction of sp³-hybridized carbons (Fsp3) is 0.741. The van der Waals surface area contributed by atoms with Gasteiger partial charge < -0.3 is 42.7 Å². The molecule has 15 nitrogen and oxygen atoms in total. The van der Waals surface area contributed by atoms with Crippen LogP contribution in [0.1, 0.15) is 68.2 Å². The topological polar surface area (TPSA) is 238 Å². The number of aliphatic carboxylic acids is 1. The first-order valence-corrected chi connectivity index (χ1v) is 14.8. The van der Waals surface area contributed by atoms with E-state index in [1.807, 2.05) is 27.7 Å². The third-order valence-electron chi connectivity index (χ3n) is 6.20. The fourth-order valence-electron chi connectivity index (χ4n) is 3.63. The van der Waals surface area contributed by atoms with Crippen LogP contribution in [0.25, 0.3) is 0 Å². The Morgan fingerprint density at radius 2 is 0.837 bits per heavy atom. The largest absolute Gasteiger partial charge is 0.480 e. The molecule has 0 fully saturated rings. The summed E-state index contributed by atoms with van der Waals surface area (Å²) in [6, 6.07) is -7.33. The number of amides is 6. The van der Waals surface area contributed by atoms with Gasteiger partial charge in [0.05, 0.1) is 6.04 Å². The molecule has 246 valence electrons. The number of hydrogen-bond donors (Lipinski definition) is 9. The molecule has 0 aromatic rings. The normalized spacial score (nSPS) is 16.0. The van der Waals surface area contributed by atoms with Crippen molar-refractivity contribution in [2.45, 2.75) is 111 Å². The molecule has 0 radical (unpaired) electrons. The first-order valence-electron chi connectivity index (χ1n) is 14.2. The minimum Gasteiger partial charge on any atom is -0.480 e. The molecule has 0 aliphatic heterocycles. The zero-order chi connectivity index (χ0) is 33.6. The highest BCUT2D eigenvalue weighted by atomic mass is 32.1. The van der Waals surface area contributed by atoms with E-state index in [2.05, 4.69) is 44.5 Å². The second kappa shape index (κ2) is 19.0. The molecule has 7 atom stereocenters. The molecule has 0 aliphatic rings. The van der Waals surface area contributed by atoms with Gasteiger partial charge in [-0.25, -0.2) is 0 Å². The first kappa shape index (κ1) is 39.6. The van der Waals surface area contributed by atoms with Crippen molar-refractivity contribution in [3.63, 3.8) is 0 Å². The van der Waals surface area contributed by atoms with Gasteiger partial charge in [0.15, 0.2) is 0 Å². The molecule has 0 rings (SSSR count).